The molecule has 5 rings (SSSR count). The minimum absolute atomic E-state index is 0.161. The van der Waals surface area contributed by atoms with Gasteiger partial charge in [0, 0.05) is 49.9 Å². The molecule has 0 atom stereocenters. The summed E-state index contributed by atoms with van der Waals surface area (Å²) in [6.45, 7) is 5.88. The highest BCUT2D eigenvalue weighted by Gasteiger charge is 2.38. The molecule has 3 aromatic rings. The number of anilines is 1. The van der Waals surface area contributed by atoms with Crippen LogP contribution in [0.5, 0.6) is 0 Å². The maximum Gasteiger partial charge on any atom is 0.490 e. The number of nitrogens with one attached hydrogen (secondary N) is 2. The van der Waals surface area contributed by atoms with Crippen LogP contribution >= 0.6 is 23.4 Å². The number of amidine groups is 1. The van der Waals surface area contributed by atoms with E-state index in [1.165, 1.54) is 11.8 Å². The van der Waals surface area contributed by atoms with Gasteiger partial charge in [-0.1, -0.05) is 23.7 Å². The van der Waals surface area contributed by atoms with Gasteiger partial charge in [0.1, 0.15) is 0 Å². The van der Waals surface area contributed by atoms with Crippen molar-refractivity contribution in [3.05, 3.63) is 75.8 Å². The highest BCUT2D eigenvalue weighted by atomic mass is 35.5. The summed E-state index contributed by atoms with van der Waals surface area (Å²) < 4.78 is 31.7. The Kier molecular flexibility index (Phi) is 11.6. The summed E-state index contributed by atoms with van der Waals surface area (Å²) in [7, 11) is 2.14. The molecule has 0 unspecified atom stereocenters. The predicted octanol–water partition coefficient (Wildman–Crippen LogP) is 4.97. The number of rotatable bonds is 7. The average Bonchev–Trinajstić information content (AvgIpc) is 3.34. The van der Waals surface area contributed by atoms with Crippen molar-refractivity contribution in [3.63, 3.8) is 0 Å². The number of carbonyl (C=O) groups excluding carboxylic acids is 2. The van der Waals surface area contributed by atoms with Gasteiger partial charge < -0.3 is 25.5 Å². The zero-order chi connectivity index (χ0) is 32.6. The van der Waals surface area contributed by atoms with E-state index in [2.05, 4.69) is 37.5 Å². The number of amides is 2. The second kappa shape index (κ2) is 15.3. The van der Waals surface area contributed by atoms with Gasteiger partial charge in [0.05, 0.1) is 21.1 Å². The number of hydrogen-bond acceptors (Lipinski definition) is 8. The van der Waals surface area contributed by atoms with Crippen molar-refractivity contribution in [1.82, 2.24) is 20.1 Å². The van der Waals surface area contributed by atoms with Crippen molar-refractivity contribution >= 4 is 69.0 Å². The number of benzene rings is 2. The summed E-state index contributed by atoms with van der Waals surface area (Å²) in [5, 5.41) is 15.1. The number of hydrogen-bond donors (Lipinski definition) is 3. The summed E-state index contributed by atoms with van der Waals surface area (Å²) in [5.74, 6) is -3.24. The van der Waals surface area contributed by atoms with Gasteiger partial charge in [0.25, 0.3) is 11.8 Å². The molecule has 2 amide bonds. The van der Waals surface area contributed by atoms with E-state index in [1.807, 2.05) is 36.4 Å². The number of alkyl halides is 3. The van der Waals surface area contributed by atoms with E-state index >= 15 is 0 Å². The van der Waals surface area contributed by atoms with Gasteiger partial charge in [0.2, 0.25) is 0 Å². The zero-order valence-corrected chi connectivity index (χ0v) is 25.7. The number of carboxylic acids is 1. The molecule has 0 spiro atoms. The van der Waals surface area contributed by atoms with Crippen LogP contribution in [0.25, 0.3) is 17.0 Å². The van der Waals surface area contributed by atoms with Crippen LogP contribution in [0.15, 0.2) is 64.6 Å². The van der Waals surface area contributed by atoms with Crippen molar-refractivity contribution in [2.24, 2.45) is 4.99 Å². The topological polar surface area (TPSA) is 127 Å². The second-order valence-corrected chi connectivity index (χ2v) is 11.6. The Balaban J connectivity index is 0.000000591. The second-order valence-electron chi connectivity index (χ2n) is 10.2. The smallest absolute Gasteiger partial charge is 0.475 e. The summed E-state index contributed by atoms with van der Waals surface area (Å²) in [4.78, 5) is 47.9. The standard InChI is InChI=1S/C28H29ClN6O2S.C2HF3O2/c1-34-12-14-35(15-13-34)11-3-10-31-26(36)21-6-7-22(29)24(18-21)32-28-33-27(37)25(38-28)17-19-5-8-23-20(16-19)4-2-9-30-23;3-2(4,5)1(6)7/h2,4-9,16-18H,3,10-15H2,1H3,(H,31,36)(H,32,33,37);(H,6,7)/b25-17-;. The Morgan fingerprint density at radius 1 is 1.11 bits per heavy atom. The molecule has 10 nitrogen and oxygen atoms in total. The Morgan fingerprint density at radius 3 is 2.56 bits per heavy atom. The fourth-order valence-electron chi connectivity index (χ4n) is 4.35. The van der Waals surface area contributed by atoms with Gasteiger partial charge in [-0.05, 0) is 79.8 Å². The van der Waals surface area contributed by atoms with E-state index in [0.29, 0.717) is 32.9 Å². The van der Waals surface area contributed by atoms with Crippen molar-refractivity contribution in [2.75, 3.05) is 51.6 Å². The van der Waals surface area contributed by atoms with Crippen LogP contribution in [0.1, 0.15) is 22.3 Å². The predicted molar refractivity (Wildman–Crippen MR) is 169 cm³/mol. The van der Waals surface area contributed by atoms with E-state index in [-0.39, 0.29) is 11.8 Å². The molecule has 3 N–H and O–H groups in total. The van der Waals surface area contributed by atoms with Gasteiger partial charge in [-0.15, -0.1) is 0 Å². The highest BCUT2D eigenvalue weighted by molar-refractivity contribution is 8.18. The average molecular weight is 663 g/mol. The van der Waals surface area contributed by atoms with E-state index in [4.69, 9.17) is 21.5 Å². The summed E-state index contributed by atoms with van der Waals surface area (Å²) >= 11 is 7.62. The largest absolute Gasteiger partial charge is 0.490 e. The molecule has 1 saturated heterocycles. The molecule has 0 saturated carbocycles. The molecule has 2 aliphatic rings. The van der Waals surface area contributed by atoms with Crippen LogP contribution in [-0.4, -0.2) is 95.3 Å². The maximum atomic E-state index is 12.7. The van der Waals surface area contributed by atoms with Gasteiger partial charge >= 0.3 is 12.1 Å². The van der Waals surface area contributed by atoms with Gasteiger partial charge in [-0.25, -0.2) is 4.79 Å². The number of carboxylic acid groups (broad SMARTS) is 1. The number of thioether (sulfide) groups is 1. The first kappa shape index (κ1) is 33.9. The Bertz CT molecular complexity index is 1630. The first-order valence-corrected chi connectivity index (χ1v) is 15.0. The third-order valence-corrected chi connectivity index (χ3v) is 8.02. The van der Waals surface area contributed by atoms with Gasteiger partial charge in [0.15, 0.2) is 5.17 Å². The van der Waals surface area contributed by atoms with Crippen LogP contribution in [0.2, 0.25) is 5.02 Å². The van der Waals surface area contributed by atoms with Gasteiger partial charge in [-0.2, -0.15) is 18.2 Å². The molecule has 3 heterocycles. The number of pyridine rings is 1. The third kappa shape index (κ3) is 10.0. The van der Waals surface area contributed by atoms with E-state index in [0.717, 1.165) is 55.6 Å². The molecule has 238 valence electrons. The van der Waals surface area contributed by atoms with E-state index < -0.39 is 12.1 Å². The molecule has 0 aliphatic carbocycles. The maximum absolute atomic E-state index is 12.7. The Labute approximate surface area is 266 Å². The molecule has 1 fully saturated rings. The summed E-state index contributed by atoms with van der Waals surface area (Å²) in [6.07, 6.45) is -0.625. The fraction of sp³-hybridized carbons (Fsp3) is 0.300. The van der Waals surface area contributed by atoms with Crippen LogP contribution in [0, 0.1) is 0 Å². The number of carbonyl (C=O) groups is 3. The normalized spacial score (nSPS) is 16.7. The minimum Gasteiger partial charge on any atom is -0.475 e. The first-order chi connectivity index (χ1) is 21.4. The van der Waals surface area contributed by atoms with Gasteiger partial charge in [-0.3, -0.25) is 14.6 Å². The highest BCUT2D eigenvalue weighted by Crippen LogP contribution is 2.32. The molecule has 2 aromatic carbocycles. The number of likely N-dealkylation sites (N-methyl/N-ethyl adjacent to an activating group) is 1. The molecule has 1 aromatic heterocycles. The number of aliphatic imine (C=N–C) groups is 1. The minimum atomic E-state index is -5.08. The molecular weight excluding hydrogens is 633 g/mol. The Morgan fingerprint density at radius 2 is 1.84 bits per heavy atom. The number of fused-ring (bicyclic) bond motifs is 1. The molecular formula is C30H30ClF3N6O4S. The lowest BCUT2D eigenvalue weighted by Crippen LogP contribution is -2.45. The quantitative estimate of drug-likeness (QED) is 0.237. The molecule has 2 aliphatic heterocycles. The summed E-state index contributed by atoms with van der Waals surface area (Å²) in [6, 6.07) is 14.7. The van der Waals surface area contributed by atoms with Crippen molar-refractivity contribution in [3.8, 4) is 0 Å². The SMILES string of the molecule is CN1CCN(CCCNC(=O)c2ccc(Cl)c(NC3=NC(=O)/C(=C/c4ccc5ncccc5c4)S3)c2)CC1.O=C(O)C(F)(F)F. The number of aromatic nitrogens is 1. The number of nitrogens with zero attached hydrogens (tertiary/aromatic N) is 4. The van der Waals surface area contributed by atoms with E-state index in [9.17, 15) is 22.8 Å². The monoisotopic (exact) mass is 662 g/mol. The van der Waals surface area contributed by atoms with Crippen LogP contribution in [0.4, 0.5) is 18.9 Å². The molecule has 0 bridgehead atoms. The summed E-state index contributed by atoms with van der Waals surface area (Å²) in [5.41, 5.74) is 2.80. The lowest BCUT2D eigenvalue weighted by Gasteiger charge is -2.32. The lowest BCUT2D eigenvalue weighted by molar-refractivity contribution is -0.192. The fourth-order valence-corrected chi connectivity index (χ4v) is 5.34. The zero-order valence-electron chi connectivity index (χ0n) is 24.1. The lowest BCUT2D eigenvalue weighted by atomic mass is 10.1. The molecule has 45 heavy (non-hydrogen) atoms. The van der Waals surface area contributed by atoms with Crippen molar-refractivity contribution in [1.29, 1.82) is 0 Å². The number of piperazine rings is 1. The van der Waals surface area contributed by atoms with Crippen LogP contribution in [0.3, 0.4) is 0 Å². The van der Waals surface area contributed by atoms with Crippen LogP contribution < -0.4 is 10.6 Å². The van der Waals surface area contributed by atoms with Crippen molar-refractivity contribution < 1.29 is 32.7 Å². The number of halogens is 4. The molecule has 15 heteroatoms. The number of aliphatic carboxylic acids is 1. The van der Waals surface area contributed by atoms with E-state index in [1.54, 1.807) is 24.4 Å². The van der Waals surface area contributed by atoms with Crippen LogP contribution in [-0.2, 0) is 9.59 Å². The van der Waals surface area contributed by atoms with Crippen molar-refractivity contribution in [2.45, 2.75) is 12.6 Å². The molecule has 0 radical (unpaired) electrons. The Hall–Kier alpha value is -3.98. The first-order valence-electron chi connectivity index (χ1n) is 13.8. The third-order valence-electron chi connectivity index (χ3n) is 6.79.